The number of thioether (sulfide) groups is 1. The molecule has 0 aliphatic carbocycles. The predicted octanol–water partition coefficient (Wildman–Crippen LogP) is 4.07. The second-order valence-electron chi connectivity index (χ2n) is 5.25. The zero-order valence-electron chi connectivity index (χ0n) is 12.6. The Hall–Kier alpha value is -1.48. The lowest BCUT2D eigenvalue weighted by Crippen LogP contribution is -2.04. The van der Waals surface area contributed by atoms with Crippen LogP contribution in [0.4, 0.5) is 0 Å². The molecule has 0 spiro atoms. The van der Waals surface area contributed by atoms with Gasteiger partial charge in [-0.1, -0.05) is 29.8 Å². The van der Waals surface area contributed by atoms with Gasteiger partial charge in [-0.2, -0.15) is 0 Å². The molecule has 0 radical (unpaired) electrons. The molecule has 1 aromatic heterocycles. The molecule has 0 N–H and O–H groups in total. The largest absolute Gasteiger partial charge is 0.351 e. The molecule has 0 aliphatic rings. The van der Waals surface area contributed by atoms with Crippen molar-refractivity contribution in [3.05, 3.63) is 58.4 Å². The molecule has 1 heterocycles. The van der Waals surface area contributed by atoms with Gasteiger partial charge in [0, 0.05) is 29.8 Å². The second kappa shape index (κ2) is 6.31. The van der Waals surface area contributed by atoms with Crippen molar-refractivity contribution in [1.82, 2.24) is 4.57 Å². The number of aromatic nitrogens is 1. The van der Waals surface area contributed by atoms with Gasteiger partial charge in [-0.05, 0) is 32.4 Å². The quantitative estimate of drug-likeness (QED) is 0.773. The Labute approximate surface area is 125 Å². The molecular formula is C17H21NOS. The summed E-state index contributed by atoms with van der Waals surface area (Å²) < 4.78 is 2.07. The zero-order valence-corrected chi connectivity index (χ0v) is 13.4. The fourth-order valence-electron chi connectivity index (χ4n) is 2.28. The van der Waals surface area contributed by atoms with Crippen LogP contribution in [0.5, 0.6) is 0 Å². The van der Waals surface area contributed by atoms with Crippen molar-refractivity contribution in [2.45, 2.75) is 26.5 Å². The van der Waals surface area contributed by atoms with Crippen LogP contribution >= 0.6 is 11.8 Å². The summed E-state index contributed by atoms with van der Waals surface area (Å²) in [6.45, 7) is 6.13. The highest BCUT2D eigenvalue weighted by Gasteiger charge is 2.13. The van der Waals surface area contributed by atoms with E-state index in [4.69, 9.17) is 0 Å². The van der Waals surface area contributed by atoms with Crippen LogP contribution in [0.15, 0.2) is 30.3 Å². The number of benzene rings is 1. The number of nitrogens with zero attached hydrogens (tertiary/aromatic N) is 1. The third kappa shape index (κ3) is 3.34. The number of ketones is 1. The highest BCUT2D eigenvalue weighted by atomic mass is 32.2. The highest BCUT2D eigenvalue weighted by molar-refractivity contribution is 7.99. The number of hydrogen-bond acceptors (Lipinski definition) is 2. The van der Waals surface area contributed by atoms with E-state index in [1.165, 1.54) is 11.1 Å². The fourth-order valence-corrected chi connectivity index (χ4v) is 3.14. The van der Waals surface area contributed by atoms with E-state index in [-0.39, 0.29) is 5.78 Å². The Morgan fingerprint density at radius 1 is 1.20 bits per heavy atom. The van der Waals surface area contributed by atoms with E-state index in [1.54, 1.807) is 11.8 Å². The van der Waals surface area contributed by atoms with Crippen molar-refractivity contribution < 1.29 is 4.79 Å². The van der Waals surface area contributed by atoms with Crippen molar-refractivity contribution in [1.29, 1.82) is 0 Å². The molecule has 2 rings (SSSR count). The molecule has 2 aromatic rings. The summed E-state index contributed by atoms with van der Waals surface area (Å²) in [7, 11) is 2.00. The van der Waals surface area contributed by atoms with E-state index in [0.29, 0.717) is 5.75 Å². The second-order valence-corrected chi connectivity index (χ2v) is 6.23. The summed E-state index contributed by atoms with van der Waals surface area (Å²) in [6.07, 6.45) is 0. The third-order valence-electron chi connectivity index (χ3n) is 3.66. The fraction of sp³-hybridized carbons (Fsp3) is 0.353. The van der Waals surface area contributed by atoms with Gasteiger partial charge in [-0.25, -0.2) is 0 Å². The van der Waals surface area contributed by atoms with Crippen LogP contribution in [0.3, 0.4) is 0 Å². The zero-order chi connectivity index (χ0) is 14.7. The van der Waals surface area contributed by atoms with Crippen LogP contribution in [-0.4, -0.2) is 16.1 Å². The first-order valence-corrected chi connectivity index (χ1v) is 7.94. The Balaban J connectivity index is 1.94. The molecule has 0 unspecified atom stereocenters. The van der Waals surface area contributed by atoms with Gasteiger partial charge in [-0.3, -0.25) is 4.79 Å². The van der Waals surface area contributed by atoms with E-state index in [0.717, 1.165) is 22.7 Å². The van der Waals surface area contributed by atoms with E-state index >= 15 is 0 Å². The van der Waals surface area contributed by atoms with Crippen LogP contribution in [0.2, 0.25) is 0 Å². The highest BCUT2D eigenvalue weighted by Crippen LogP contribution is 2.18. The maximum absolute atomic E-state index is 12.3. The first-order chi connectivity index (χ1) is 9.49. The summed E-state index contributed by atoms with van der Waals surface area (Å²) in [6, 6.07) is 10.4. The lowest BCUT2D eigenvalue weighted by Gasteiger charge is -2.04. The van der Waals surface area contributed by atoms with Gasteiger partial charge in [0.15, 0.2) is 5.78 Å². The minimum atomic E-state index is 0.226. The van der Waals surface area contributed by atoms with Crippen LogP contribution in [0.25, 0.3) is 0 Å². The van der Waals surface area contributed by atoms with Gasteiger partial charge < -0.3 is 4.57 Å². The van der Waals surface area contributed by atoms with Gasteiger partial charge in [0.05, 0.1) is 5.75 Å². The SMILES string of the molecule is Cc1cccc(CSCC(=O)c2cc(C)n(C)c2C)c1. The predicted molar refractivity (Wildman–Crippen MR) is 86.6 cm³/mol. The van der Waals surface area contributed by atoms with Gasteiger partial charge in [-0.15, -0.1) is 11.8 Å². The number of hydrogen-bond donors (Lipinski definition) is 0. The average molecular weight is 287 g/mol. The molecule has 106 valence electrons. The number of carbonyl (C=O) groups excluding carboxylic acids is 1. The van der Waals surface area contributed by atoms with Crippen molar-refractivity contribution in [3.63, 3.8) is 0 Å². The van der Waals surface area contributed by atoms with Crippen LogP contribution in [-0.2, 0) is 12.8 Å². The summed E-state index contributed by atoms with van der Waals surface area (Å²) in [5, 5.41) is 0. The average Bonchev–Trinajstić information content (AvgIpc) is 2.66. The molecule has 20 heavy (non-hydrogen) atoms. The van der Waals surface area contributed by atoms with Gasteiger partial charge >= 0.3 is 0 Å². The van der Waals surface area contributed by atoms with Crippen molar-refractivity contribution in [2.24, 2.45) is 7.05 Å². The molecule has 0 saturated heterocycles. The minimum Gasteiger partial charge on any atom is -0.351 e. The first kappa shape index (κ1) is 14.9. The van der Waals surface area contributed by atoms with Crippen LogP contribution in [0, 0.1) is 20.8 Å². The number of Topliss-reactive ketones (excluding diaryl/α,β-unsaturated/α-hetero) is 1. The molecule has 0 atom stereocenters. The van der Waals surface area contributed by atoms with Crippen LogP contribution < -0.4 is 0 Å². The first-order valence-electron chi connectivity index (χ1n) is 6.78. The maximum atomic E-state index is 12.3. The lowest BCUT2D eigenvalue weighted by atomic mass is 10.2. The summed E-state index contributed by atoms with van der Waals surface area (Å²) in [5.74, 6) is 1.65. The Morgan fingerprint density at radius 2 is 1.95 bits per heavy atom. The van der Waals surface area contributed by atoms with E-state index in [2.05, 4.69) is 35.8 Å². The van der Waals surface area contributed by atoms with Gasteiger partial charge in [0.2, 0.25) is 0 Å². The minimum absolute atomic E-state index is 0.226. The Kier molecular flexibility index (Phi) is 4.71. The Bertz CT molecular complexity index is 628. The number of carbonyl (C=O) groups is 1. The molecule has 0 aliphatic heterocycles. The molecule has 0 saturated carbocycles. The summed E-state index contributed by atoms with van der Waals surface area (Å²) in [4.78, 5) is 12.3. The number of aryl methyl sites for hydroxylation is 2. The van der Waals surface area contributed by atoms with Crippen molar-refractivity contribution in [2.75, 3.05) is 5.75 Å². The molecule has 3 heteroatoms. The monoisotopic (exact) mass is 287 g/mol. The standard InChI is InChI=1S/C17H21NOS/c1-12-6-5-7-15(8-12)10-20-11-17(19)16-9-13(2)18(4)14(16)3/h5-9H,10-11H2,1-4H3. The molecule has 0 fully saturated rings. The van der Waals surface area contributed by atoms with E-state index in [1.807, 2.05) is 27.0 Å². The number of rotatable bonds is 5. The molecule has 0 amide bonds. The summed E-state index contributed by atoms with van der Waals surface area (Å²) >= 11 is 1.68. The molecule has 1 aromatic carbocycles. The van der Waals surface area contributed by atoms with E-state index < -0.39 is 0 Å². The van der Waals surface area contributed by atoms with Gasteiger partial charge in [0.1, 0.15) is 0 Å². The molecular weight excluding hydrogens is 266 g/mol. The Morgan fingerprint density at radius 3 is 2.55 bits per heavy atom. The van der Waals surface area contributed by atoms with Gasteiger partial charge in [0.25, 0.3) is 0 Å². The summed E-state index contributed by atoms with van der Waals surface area (Å²) in [5.41, 5.74) is 5.60. The topological polar surface area (TPSA) is 22.0 Å². The van der Waals surface area contributed by atoms with E-state index in [9.17, 15) is 4.79 Å². The molecule has 2 nitrogen and oxygen atoms in total. The normalized spacial score (nSPS) is 10.8. The van der Waals surface area contributed by atoms with Crippen molar-refractivity contribution in [3.8, 4) is 0 Å². The van der Waals surface area contributed by atoms with Crippen LogP contribution in [0.1, 0.15) is 32.9 Å². The third-order valence-corrected chi connectivity index (χ3v) is 4.66. The maximum Gasteiger partial charge on any atom is 0.174 e. The molecule has 0 bridgehead atoms. The lowest BCUT2D eigenvalue weighted by molar-refractivity contribution is 0.102. The smallest absolute Gasteiger partial charge is 0.174 e. The van der Waals surface area contributed by atoms with Crippen molar-refractivity contribution >= 4 is 17.5 Å².